The van der Waals surface area contributed by atoms with E-state index in [1.54, 1.807) is 18.7 Å². The molecule has 176 valence electrons. The van der Waals surface area contributed by atoms with Crippen LogP contribution in [0.3, 0.4) is 0 Å². The van der Waals surface area contributed by atoms with Crippen molar-refractivity contribution in [1.29, 1.82) is 0 Å². The first-order valence-electron chi connectivity index (χ1n) is 11.3. The molecule has 0 aliphatic heterocycles. The molecule has 0 aliphatic carbocycles. The van der Waals surface area contributed by atoms with E-state index in [-0.39, 0.29) is 17.1 Å². The number of nitrogens with one attached hydrogen (secondary N) is 1. The van der Waals surface area contributed by atoms with Gasteiger partial charge in [-0.15, -0.1) is 0 Å². The van der Waals surface area contributed by atoms with Crippen LogP contribution in [0.25, 0.3) is 27.9 Å². The molecule has 5 rings (SSSR count). The summed E-state index contributed by atoms with van der Waals surface area (Å²) in [5.41, 5.74) is 6.52. The van der Waals surface area contributed by atoms with Crippen molar-refractivity contribution in [3.8, 4) is 22.4 Å². The minimum atomic E-state index is -0.373. The molecule has 1 amide bonds. The lowest BCUT2D eigenvalue weighted by Gasteiger charge is -2.10. The van der Waals surface area contributed by atoms with Gasteiger partial charge in [0.25, 0.3) is 11.7 Å². The van der Waals surface area contributed by atoms with Crippen molar-refractivity contribution in [2.75, 3.05) is 0 Å². The molecule has 0 atom stereocenters. The molecule has 1 N–H and O–H groups in total. The number of hydrogen-bond donors (Lipinski definition) is 1. The van der Waals surface area contributed by atoms with E-state index >= 15 is 0 Å². The average Bonchev–Trinajstić information content (AvgIpc) is 3.51. The zero-order valence-electron chi connectivity index (χ0n) is 20.0. The molecule has 0 radical (unpaired) electrons. The Morgan fingerprint density at radius 2 is 1.86 bits per heavy atom. The van der Waals surface area contributed by atoms with Gasteiger partial charge >= 0.3 is 0 Å². The summed E-state index contributed by atoms with van der Waals surface area (Å²) >= 11 is 0. The minimum Gasteiger partial charge on any atom is -0.345 e. The maximum atomic E-state index is 12.5. The molecular formula is C26H25N7O2. The van der Waals surface area contributed by atoms with Gasteiger partial charge in [-0.3, -0.25) is 9.78 Å². The topological polar surface area (TPSA) is 111 Å². The lowest BCUT2D eigenvalue weighted by atomic mass is 9.97. The minimum absolute atomic E-state index is 0.0332. The molecule has 9 heteroatoms. The van der Waals surface area contributed by atoms with Gasteiger partial charge in [-0.2, -0.15) is 10.1 Å². The van der Waals surface area contributed by atoms with Gasteiger partial charge in [-0.1, -0.05) is 38.1 Å². The fourth-order valence-electron chi connectivity index (χ4n) is 3.77. The van der Waals surface area contributed by atoms with E-state index in [9.17, 15) is 4.79 Å². The molecule has 0 bridgehead atoms. The number of carbonyl (C=O) groups excluding carboxylic acids is 1. The number of benzene rings is 1. The van der Waals surface area contributed by atoms with Crippen LogP contribution in [0.5, 0.6) is 0 Å². The van der Waals surface area contributed by atoms with Gasteiger partial charge in [-0.25, -0.2) is 9.50 Å². The van der Waals surface area contributed by atoms with Crippen LogP contribution in [0.15, 0.2) is 65.8 Å². The van der Waals surface area contributed by atoms with Crippen LogP contribution in [-0.2, 0) is 12.0 Å². The van der Waals surface area contributed by atoms with Gasteiger partial charge in [0.1, 0.15) is 6.33 Å². The summed E-state index contributed by atoms with van der Waals surface area (Å²) in [7, 11) is 0. The first-order chi connectivity index (χ1) is 16.8. The standard InChI is InChI=1S/C26H25N7O2/c1-16-11-18(5-6-19(16)13-28-24(34)23-31-25(35-32-23)26(2,3)4)22-21-12-20(14-33(21)30-15-29-22)17-7-9-27-10-8-17/h5-12,14-15H,13H2,1-4H3,(H,28,34). The highest BCUT2D eigenvalue weighted by Gasteiger charge is 2.24. The molecule has 35 heavy (non-hydrogen) atoms. The molecule has 5 aromatic rings. The van der Waals surface area contributed by atoms with Crippen molar-refractivity contribution >= 4 is 11.4 Å². The van der Waals surface area contributed by atoms with E-state index < -0.39 is 0 Å². The van der Waals surface area contributed by atoms with E-state index in [1.165, 1.54) is 0 Å². The van der Waals surface area contributed by atoms with Crippen molar-refractivity contribution in [2.45, 2.75) is 39.7 Å². The number of hydrogen-bond acceptors (Lipinski definition) is 7. The Balaban J connectivity index is 1.36. The van der Waals surface area contributed by atoms with Crippen LogP contribution in [0.2, 0.25) is 0 Å². The Morgan fingerprint density at radius 1 is 1.06 bits per heavy atom. The number of aromatic nitrogens is 6. The van der Waals surface area contributed by atoms with E-state index in [2.05, 4.69) is 42.7 Å². The molecule has 0 aliphatic rings. The predicted octanol–water partition coefficient (Wildman–Crippen LogP) is 4.38. The van der Waals surface area contributed by atoms with E-state index in [1.807, 2.05) is 62.7 Å². The zero-order valence-corrected chi connectivity index (χ0v) is 20.0. The summed E-state index contributed by atoms with van der Waals surface area (Å²) in [4.78, 5) is 25.4. The highest BCUT2D eigenvalue weighted by atomic mass is 16.5. The summed E-state index contributed by atoms with van der Waals surface area (Å²) in [6.45, 7) is 8.21. The molecule has 1 aromatic carbocycles. The number of pyridine rings is 1. The summed E-state index contributed by atoms with van der Waals surface area (Å²) < 4.78 is 7.05. The Labute approximate surface area is 202 Å². The third kappa shape index (κ3) is 4.52. The molecule has 4 heterocycles. The Kier molecular flexibility index (Phi) is 5.60. The molecule has 4 aromatic heterocycles. The summed E-state index contributed by atoms with van der Waals surface area (Å²) in [5, 5.41) is 11.0. The number of carbonyl (C=O) groups is 1. The van der Waals surface area contributed by atoms with Crippen molar-refractivity contribution in [1.82, 2.24) is 35.0 Å². The number of rotatable bonds is 5. The van der Waals surface area contributed by atoms with Crippen molar-refractivity contribution in [3.63, 3.8) is 0 Å². The second-order valence-electron chi connectivity index (χ2n) is 9.40. The molecule has 0 saturated heterocycles. The van der Waals surface area contributed by atoms with Crippen molar-refractivity contribution in [2.24, 2.45) is 0 Å². The molecule has 0 saturated carbocycles. The SMILES string of the molecule is Cc1cc(-c2ncnn3cc(-c4ccncc4)cc23)ccc1CNC(=O)c1noc(C(C)(C)C)n1. The lowest BCUT2D eigenvalue weighted by Crippen LogP contribution is -2.24. The van der Waals surface area contributed by atoms with Gasteiger partial charge < -0.3 is 9.84 Å². The summed E-state index contributed by atoms with van der Waals surface area (Å²) in [5.74, 6) is 0.0877. The number of aryl methyl sites for hydroxylation is 1. The largest absolute Gasteiger partial charge is 0.345 e. The van der Waals surface area contributed by atoms with Gasteiger partial charge in [-0.05, 0) is 47.9 Å². The first-order valence-corrected chi connectivity index (χ1v) is 11.3. The van der Waals surface area contributed by atoms with E-state index in [4.69, 9.17) is 4.52 Å². The second kappa shape index (κ2) is 8.75. The molecule has 0 spiro atoms. The van der Waals surface area contributed by atoms with Gasteiger partial charge in [0, 0.05) is 41.7 Å². The van der Waals surface area contributed by atoms with Gasteiger partial charge in [0.2, 0.25) is 5.89 Å². The Hall–Kier alpha value is -4.40. The molecular weight excluding hydrogens is 442 g/mol. The quantitative estimate of drug-likeness (QED) is 0.408. The van der Waals surface area contributed by atoms with Crippen LogP contribution >= 0.6 is 0 Å². The van der Waals surface area contributed by atoms with Crippen molar-refractivity contribution in [3.05, 3.63) is 84.2 Å². The van der Waals surface area contributed by atoms with E-state index in [0.717, 1.165) is 39.0 Å². The number of fused-ring (bicyclic) bond motifs is 1. The van der Waals surface area contributed by atoms with Crippen LogP contribution in [0.1, 0.15) is 48.4 Å². The molecule has 0 fully saturated rings. The first kappa shape index (κ1) is 22.4. The second-order valence-corrected chi connectivity index (χ2v) is 9.40. The van der Waals surface area contributed by atoms with Crippen LogP contribution in [-0.4, -0.2) is 35.6 Å². The van der Waals surface area contributed by atoms with Crippen LogP contribution < -0.4 is 5.32 Å². The van der Waals surface area contributed by atoms with E-state index in [0.29, 0.717) is 12.4 Å². The predicted molar refractivity (Wildman–Crippen MR) is 131 cm³/mol. The monoisotopic (exact) mass is 467 g/mol. The maximum absolute atomic E-state index is 12.5. The Morgan fingerprint density at radius 3 is 2.57 bits per heavy atom. The third-order valence-electron chi connectivity index (χ3n) is 5.75. The zero-order chi connectivity index (χ0) is 24.6. The van der Waals surface area contributed by atoms with Crippen LogP contribution in [0, 0.1) is 6.92 Å². The van der Waals surface area contributed by atoms with Gasteiger partial charge in [0.15, 0.2) is 0 Å². The highest BCUT2D eigenvalue weighted by molar-refractivity contribution is 5.90. The number of amides is 1. The van der Waals surface area contributed by atoms with Crippen molar-refractivity contribution < 1.29 is 9.32 Å². The third-order valence-corrected chi connectivity index (χ3v) is 5.75. The summed E-state index contributed by atoms with van der Waals surface area (Å²) in [6, 6.07) is 12.1. The molecule has 0 unspecified atom stereocenters. The van der Waals surface area contributed by atoms with Gasteiger partial charge in [0.05, 0.1) is 11.2 Å². The fraction of sp³-hybridized carbons (Fsp3) is 0.231. The maximum Gasteiger partial charge on any atom is 0.292 e. The smallest absolute Gasteiger partial charge is 0.292 e. The summed E-state index contributed by atoms with van der Waals surface area (Å²) in [6.07, 6.45) is 7.08. The van der Waals surface area contributed by atoms with Crippen LogP contribution in [0.4, 0.5) is 0 Å². The highest BCUT2D eigenvalue weighted by Crippen LogP contribution is 2.29. The average molecular weight is 468 g/mol. The Bertz CT molecular complexity index is 1510. The normalized spacial score (nSPS) is 11.7. The molecule has 9 nitrogen and oxygen atoms in total. The number of nitrogens with zero attached hydrogens (tertiary/aromatic N) is 6. The fourth-order valence-corrected chi connectivity index (χ4v) is 3.77. The lowest BCUT2D eigenvalue weighted by molar-refractivity contribution is 0.0937.